The van der Waals surface area contributed by atoms with Crippen LogP contribution in [0.25, 0.3) is 93.7 Å². The van der Waals surface area contributed by atoms with Gasteiger partial charge < -0.3 is 0 Å². The number of benzene rings is 9. The largest absolute Gasteiger partial charge is 0.0836 e. The fraction of sp³-hybridized carbons (Fsp3) is 0.0400. The molecule has 1 aliphatic carbocycles. The highest BCUT2D eigenvalue weighted by Crippen LogP contribution is 2.46. The average Bonchev–Trinajstić information content (AvgIpc) is 3.19. The van der Waals surface area contributed by atoms with Crippen molar-refractivity contribution in [2.75, 3.05) is 0 Å². The monoisotopic (exact) mass is 634 g/mol. The molecule has 10 rings (SSSR count). The van der Waals surface area contributed by atoms with Gasteiger partial charge in [0.15, 0.2) is 0 Å². The molecular formula is C50H34. The Morgan fingerprint density at radius 2 is 0.940 bits per heavy atom. The van der Waals surface area contributed by atoms with Crippen LogP contribution in [0.2, 0.25) is 0 Å². The second-order valence-corrected chi connectivity index (χ2v) is 13.5. The molecule has 0 aliphatic heterocycles. The third-order valence-corrected chi connectivity index (χ3v) is 10.7. The second kappa shape index (κ2) is 11.7. The molecule has 9 aromatic rings. The van der Waals surface area contributed by atoms with Crippen LogP contribution in [0.4, 0.5) is 0 Å². The molecule has 0 aromatic heterocycles. The molecule has 0 saturated heterocycles. The summed E-state index contributed by atoms with van der Waals surface area (Å²) in [6, 6.07) is 62.8. The summed E-state index contributed by atoms with van der Waals surface area (Å²) in [7, 11) is 0. The maximum atomic E-state index is 2.39. The molecule has 0 bridgehead atoms. The van der Waals surface area contributed by atoms with Gasteiger partial charge in [0.2, 0.25) is 0 Å². The highest BCUT2D eigenvalue weighted by Gasteiger charge is 2.22. The Bertz CT molecular complexity index is 2800. The van der Waals surface area contributed by atoms with Gasteiger partial charge in [-0.05, 0) is 130 Å². The zero-order valence-electron chi connectivity index (χ0n) is 27.7. The van der Waals surface area contributed by atoms with Gasteiger partial charge in [-0.25, -0.2) is 0 Å². The van der Waals surface area contributed by atoms with Crippen LogP contribution in [0, 0.1) is 0 Å². The van der Waals surface area contributed by atoms with Crippen molar-refractivity contribution < 1.29 is 0 Å². The van der Waals surface area contributed by atoms with Crippen LogP contribution in [0.3, 0.4) is 0 Å². The molecule has 0 radical (unpaired) electrons. The number of hydrogen-bond acceptors (Lipinski definition) is 0. The summed E-state index contributed by atoms with van der Waals surface area (Å²) in [5.41, 5.74) is 13.0. The van der Waals surface area contributed by atoms with E-state index >= 15 is 0 Å². The Hall–Kier alpha value is -6.24. The highest BCUT2D eigenvalue weighted by atomic mass is 14.3. The van der Waals surface area contributed by atoms with Crippen molar-refractivity contribution in [3.05, 3.63) is 187 Å². The highest BCUT2D eigenvalue weighted by molar-refractivity contribution is 6.14. The zero-order valence-corrected chi connectivity index (χ0v) is 27.7. The van der Waals surface area contributed by atoms with E-state index in [1.807, 2.05) is 0 Å². The van der Waals surface area contributed by atoms with Crippen molar-refractivity contribution in [2.45, 2.75) is 12.8 Å². The molecule has 0 amide bonds. The van der Waals surface area contributed by atoms with Gasteiger partial charge in [0, 0.05) is 0 Å². The molecule has 0 saturated carbocycles. The zero-order chi connectivity index (χ0) is 33.0. The molecule has 0 nitrogen and oxygen atoms in total. The van der Waals surface area contributed by atoms with Gasteiger partial charge in [0.25, 0.3) is 0 Å². The van der Waals surface area contributed by atoms with Crippen LogP contribution in [0.15, 0.2) is 176 Å². The van der Waals surface area contributed by atoms with Gasteiger partial charge in [-0.2, -0.15) is 0 Å². The SMILES string of the molecule is C1=Cc2c(c(-c3ccc(-c4cc5ccccc5c5ccccc45)cc3)c3ccccc3c2-c2cccc(-c3ccc4ccccc4c3)c2)CC1. The predicted octanol–water partition coefficient (Wildman–Crippen LogP) is 13.9. The summed E-state index contributed by atoms with van der Waals surface area (Å²) in [5.74, 6) is 0. The molecule has 0 spiro atoms. The third-order valence-electron chi connectivity index (χ3n) is 10.7. The number of hydrogen-bond donors (Lipinski definition) is 0. The van der Waals surface area contributed by atoms with Crippen molar-refractivity contribution in [3.63, 3.8) is 0 Å². The molecular weight excluding hydrogens is 601 g/mol. The molecule has 9 aromatic carbocycles. The van der Waals surface area contributed by atoms with Crippen molar-refractivity contribution >= 4 is 49.2 Å². The fourth-order valence-electron chi connectivity index (χ4n) is 8.36. The summed E-state index contributed by atoms with van der Waals surface area (Å²) in [4.78, 5) is 0. The molecule has 0 unspecified atom stereocenters. The Labute approximate surface area is 292 Å². The quantitative estimate of drug-likeness (QED) is 0.169. The van der Waals surface area contributed by atoms with Crippen molar-refractivity contribution in [2.24, 2.45) is 0 Å². The van der Waals surface area contributed by atoms with Crippen LogP contribution in [0.1, 0.15) is 17.5 Å². The van der Waals surface area contributed by atoms with E-state index in [1.165, 1.54) is 98.7 Å². The van der Waals surface area contributed by atoms with Crippen LogP contribution in [-0.4, -0.2) is 0 Å². The fourth-order valence-corrected chi connectivity index (χ4v) is 8.36. The van der Waals surface area contributed by atoms with E-state index in [-0.39, 0.29) is 0 Å². The average molecular weight is 635 g/mol. The van der Waals surface area contributed by atoms with Gasteiger partial charge in [-0.15, -0.1) is 0 Å². The third kappa shape index (κ3) is 4.68. The summed E-state index contributed by atoms with van der Waals surface area (Å²) in [6.07, 6.45) is 6.81. The predicted molar refractivity (Wildman–Crippen MR) is 216 cm³/mol. The van der Waals surface area contributed by atoms with Gasteiger partial charge >= 0.3 is 0 Å². The lowest BCUT2D eigenvalue weighted by atomic mass is 9.80. The first-order valence-electron chi connectivity index (χ1n) is 17.7. The van der Waals surface area contributed by atoms with Gasteiger partial charge in [-0.1, -0.05) is 164 Å². The minimum Gasteiger partial charge on any atom is -0.0836 e. The summed E-state index contributed by atoms with van der Waals surface area (Å²) < 4.78 is 0. The topological polar surface area (TPSA) is 0 Å². The minimum atomic E-state index is 1.03. The Morgan fingerprint density at radius 1 is 0.340 bits per heavy atom. The van der Waals surface area contributed by atoms with E-state index < -0.39 is 0 Å². The first kappa shape index (κ1) is 28.7. The van der Waals surface area contributed by atoms with Gasteiger partial charge in [0.1, 0.15) is 0 Å². The Balaban J connectivity index is 1.13. The van der Waals surface area contributed by atoms with Crippen molar-refractivity contribution in [3.8, 4) is 44.5 Å². The van der Waals surface area contributed by atoms with Gasteiger partial charge in [-0.3, -0.25) is 0 Å². The molecule has 0 N–H and O–H groups in total. The summed E-state index contributed by atoms with van der Waals surface area (Å²) in [6.45, 7) is 0. The summed E-state index contributed by atoms with van der Waals surface area (Å²) >= 11 is 0. The lowest BCUT2D eigenvalue weighted by molar-refractivity contribution is 0.991. The Kier molecular flexibility index (Phi) is 6.74. The number of rotatable bonds is 4. The van der Waals surface area contributed by atoms with E-state index in [1.54, 1.807) is 0 Å². The molecule has 0 heteroatoms. The van der Waals surface area contributed by atoms with E-state index in [4.69, 9.17) is 0 Å². The van der Waals surface area contributed by atoms with Crippen LogP contribution >= 0.6 is 0 Å². The molecule has 234 valence electrons. The molecule has 0 fully saturated rings. The molecule has 0 atom stereocenters. The molecule has 0 heterocycles. The number of allylic oxidation sites excluding steroid dienone is 1. The van der Waals surface area contributed by atoms with Gasteiger partial charge in [0.05, 0.1) is 0 Å². The van der Waals surface area contributed by atoms with E-state index in [2.05, 4.69) is 182 Å². The second-order valence-electron chi connectivity index (χ2n) is 13.5. The number of fused-ring (bicyclic) bond motifs is 6. The smallest absolute Gasteiger partial charge is 0.00295 e. The maximum Gasteiger partial charge on any atom is -0.00295 e. The Morgan fingerprint density at radius 3 is 1.76 bits per heavy atom. The molecule has 50 heavy (non-hydrogen) atoms. The van der Waals surface area contributed by atoms with Crippen LogP contribution in [0.5, 0.6) is 0 Å². The lowest BCUT2D eigenvalue weighted by Crippen LogP contribution is -2.02. The maximum absolute atomic E-state index is 2.39. The van der Waals surface area contributed by atoms with E-state index in [0.717, 1.165) is 12.8 Å². The lowest BCUT2D eigenvalue weighted by Gasteiger charge is -2.24. The van der Waals surface area contributed by atoms with Crippen LogP contribution in [-0.2, 0) is 6.42 Å². The minimum absolute atomic E-state index is 1.03. The first-order chi connectivity index (χ1) is 24.8. The van der Waals surface area contributed by atoms with Crippen molar-refractivity contribution in [1.82, 2.24) is 0 Å². The van der Waals surface area contributed by atoms with E-state index in [9.17, 15) is 0 Å². The molecule has 1 aliphatic rings. The van der Waals surface area contributed by atoms with Crippen molar-refractivity contribution in [1.29, 1.82) is 0 Å². The first-order valence-corrected chi connectivity index (χ1v) is 17.7. The van der Waals surface area contributed by atoms with E-state index in [0.29, 0.717) is 0 Å². The van der Waals surface area contributed by atoms with Crippen LogP contribution < -0.4 is 0 Å². The normalized spacial score (nSPS) is 12.6. The standard InChI is InChI=1S/C50H34/c1-2-13-36-30-38(29-24-33(36)12-1)37-15-11-16-40(31-37)50-46-22-9-7-20-44(46)49(45-21-8-10-23-47(45)50)35-27-25-34(26-28-35)48-32-39-14-3-4-17-41(39)42-18-5-6-19-43(42)48/h1-7,9-20,22-32H,8,21H2. The summed E-state index contributed by atoms with van der Waals surface area (Å²) in [5, 5.41) is 10.3.